The second kappa shape index (κ2) is 4.90. The Kier molecular flexibility index (Phi) is 3.35. The van der Waals surface area contributed by atoms with Gasteiger partial charge in [0.2, 0.25) is 5.91 Å². The van der Waals surface area contributed by atoms with Crippen LogP contribution < -0.4 is 5.32 Å². The molecule has 0 aromatic carbocycles. The SMILES string of the molecule is Cc1csc(C2C(=O)NC(=S)C(C#N)C23CCCC3)n1. The number of piperidine rings is 1. The van der Waals surface area contributed by atoms with Crippen LogP contribution in [0.5, 0.6) is 0 Å². The molecule has 1 aromatic heterocycles. The van der Waals surface area contributed by atoms with Crippen molar-refractivity contribution < 1.29 is 4.79 Å². The zero-order valence-corrected chi connectivity index (χ0v) is 12.8. The van der Waals surface area contributed by atoms with Crippen LogP contribution in [0.15, 0.2) is 5.38 Å². The minimum absolute atomic E-state index is 0.0854. The molecule has 1 saturated heterocycles. The molecule has 6 heteroatoms. The monoisotopic (exact) mass is 305 g/mol. The molecule has 2 atom stereocenters. The topological polar surface area (TPSA) is 65.8 Å². The lowest BCUT2D eigenvalue weighted by Crippen LogP contribution is -2.55. The molecule has 2 aliphatic rings. The Balaban J connectivity index is 2.12. The van der Waals surface area contributed by atoms with Crippen LogP contribution in [0.25, 0.3) is 0 Å². The molecule has 1 N–H and O–H groups in total. The van der Waals surface area contributed by atoms with Gasteiger partial charge in [0, 0.05) is 16.5 Å². The molecule has 1 aliphatic carbocycles. The average Bonchev–Trinajstić information content (AvgIpc) is 3.00. The molecule has 4 nitrogen and oxygen atoms in total. The summed E-state index contributed by atoms with van der Waals surface area (Å²) in [6.07, 6.45) is 3.86. The van der Waals surface area contributed by atoms with Gasteiger partial charge in [-0.1, -0.05) is 25.1 Å². The van der Waals surface area contributed by atoms with Crippen LogP contribution in [0.4, 0.5) is 0 Å². The van der Waals surface area contributed by atoms with Crippen molar-refractivity contribution in [3.8, 4) is 6.07 Å². The molecule has 3 rings (SSSR count). The quantitative estimate of drug-likeness (QED) is 0.810. The van der Waals surface area contributed by atoms with E-state index in [9.17, 15) is 10.1 Å². The summed E-state index contributed by atoms with van der Waals surface area (Å²) in [5.41, 5.74) is 0.575. The Morgan fingerprint density at radius 1 is 1.55 bits per heavy atom. The van der Waals surface area contributed by atoms with Crippen molar-refractivity contribution >= 4 is 34.5 Å². The maximum atomic E-state index is 12.5. The van der Waals surface area contributed by atoms with Crippen LogP contribution >= 0.6 is 23.6 Å². The predicted octanol–water partition coefficient (Wildman–Crippen LogP) is 2.69. The molecule has 2 fully saturated rings. The van der Waals surface area contributed by atoms with Crippen molar-refractivity contribution in [1.29, 1.82) is 5.26 Å². The first-order valence-electron chi connectivity index (χ1n) is 6.75. The smallest absolute Gasteiger partial charge is 0.235 e. The standard InChI is InChI=1S/C14H15N3OS2/c1-8-7-20-13(16-8)10-11(18)17-12(19)9(6-15)14(10)4-2-3-5-14/h7,9-10H,2-5H2,1H3,(H,17,18,19). The van der Waals surface area contributed by atoms with Gasteiger partial charge in [-0.25, -0.2) is 4.98 Å². The number of thiocarbonyl (C=S) groups is 1. The highest BCUT2D eigenvalue weighted by molar-refractivity contribution is 7.80. The van der Waals surface area contributed by atoms with E-state index in [-0.39, 0.29) is 23.2 Å². The Bertz CT molecular complexity index is 610. The molecular weight excluding hydrogens is 290 g/mol. The summed E-state index contributed by atoms with van der Waals surface area (Å²) in [7, 11) is 0. The molecule has 1 spiro atoms. The average molecular weight is 305 g/mol. The molecule has 20 heavy (non-hydrogen) atoms. The lowest BCUT2D eigenvalue weighted by molar-refractivity contribution is -0.125. The minimum Gasteiger partial charge on any atom is -0.319 e. The molecular formula is C14H15N3OS2. The van der Waals surface area contributed by atoms with E-state index < -0.39 is 0 Å². The number of nitrogens with zero attached hydrogens (tertiary/aromatic N) is 2. The Labute approximate surface area is 127 Å². The first kappa shape index (κ1) is 13.7. The Morgan fingerprint density at radius 3 is 2.80 bits per heavy atom. The number of hydrogen-bond donors (Lipinski definition) is 1. The van der Waals surface area contributed by atoms with Crippen molar-refractivity contribution in [1.82, 2.24) is 10.3 Å². The molecule has 1 aliphatic heterocycles. The van der Waals surface area contributed by atoms with E-state index in [1.165, 1.54) is 11.3 Å². The number of nitrogens with one attached hydrogen (secondary N) is 1. The van der Waals surface area contributed by atoms with Gasteiger partial charge in [-0.15, -0.1) is 11.3 Å². The van der Waals surface area contributed by atoms with Gasteiger partial charge in [0.05, 0.1) is 17.0 Å². The third kappa shape index (κ3) is 1.88. The second-order valence-electron chi connectivity index (χ2n) is 5.62. The normalized spacial score (nSPS) is 28.4. The summed E-state index contributed by atoms with van der Waals surface area (Å²) in [6, 6.07) is 2.33. The zero-order valence-electron chi connectivity index (χ0n) is 11.2. The van der Waals surface area contributed by atoms with Gasteiger partial charge in [-0.05, 0) is 19.8 Å². The number of hydrogen-bond acceptors (Lipinski definition) is 5. The van der Waals surface area contributed by atoms with Gasteiger partial charge in [-0.3, -0.25) is 4.79 Å². The van der Waals surface area contributed by atoms with Crippen LogP contribution in [0.1, 0.15) is 42.3 Å². The van der Waals surface area contributed by atoms with Gasteiger partial charge < -0.3 is 5.32 Å². The van der Waals surface area contributed by atoms with Crippen molar-refractivity contribution in [3.05, 3.63) is 16.1 Å². The van der Waals surface area contributed by atoms with Crippen LogP contribution in [-0.4, -0.2) is 15.9 Å². The molecule has 1 amide bonds. The third-order valence-electron chi connectivity index (χ3n) is 4.47. The van der Waals surface area contributed by atoms with Gasteiger partial charge in [0.25, 0.3) is 0 Å². The maximum Gasteiger partial charge on any atom is 0.235 e. The van der Waals surface area contributed by atoms with Crippen molar-refractivity contribution in [2.75, 3.05) is 0 Å². The van der Waals surface area contributed by atoms with E-state index in [4.69, 9.17) is 12.2 Å². The summed E-state index contributed by atoms with van der Waals surface area (Å²) < 4.78 is 0. The highest BCUT2D eigenvalue weighted by Crippen LogP contribution is 2.56. The molecule has 2 heterocycles. The van der Waals surface area contributed by atoms with Crippen molar-refractivity contribution in [2.24, 2.45) is 11.3 Å². The fourth-order valence-electron chi connectivity index (χ4n) is 3.62. The van der Waals surface area contributed by atoms with Crippen LogP contribution in [0.2, 0.25) is 0 Å². The number of carbonyl (C=O) groups is 1. The molecule has 1 aromatic rings. The number of aromatic nitrogens is 1. The number of thiazole rings is 1. The first-order valence-corrected chi connectivity index (χ1v) is 8.03. The number of amides is 1. The molecule has 2 unspecified atom stereocenters. The molecule has 1 saturated carbocycles. The van der Waals surface area contributed by atoms with Crippen LogP contribution in [0.3, 0.4) is 0 Å². The van der Waals surface area contributed by atoms with Crippen LogP contribution in [-0.2, 0) is 4.79 Å². The first-order chi connectivity index (χ1) is 9.58. The zero-order chi connectivity index (χ0) is 14.3. The summed E-state index contributed by atoms with van der Waals surface area (Å²) in [5.74, 6) is -0.801. The van der Waals surface area contributed by atoms with Gasteiger partial charge >= 0.3 is 0 Å². The minimum atomic E-state index is -0.382. The molecule has 104 valence electrons. The predicted molar refractivity (Wildman–Crippen MR) is 80.3 cm³/mol. The lowest BCUT2D eigenvalue weighted by atomic mass is 9.63. The Hall–Kier alpha value is -1.32. The summed E-state index contributed by atoms with van der Waals surface area (Å²) in [6.45, 7) is 1.93. The van der Waals surface area contributed by atoms with E-state index >= 15 is 0 Å². The maximum absolute atomic E-state index is 12.5. The number of rotatable bonds is 1. The van der Waals surface area contributed by atoms with Crippen LogP contribution in [0, 0.1) is 29.6 Å². The lowest BCUT2D eigenvalue weighted by Gasteiger charge is -2.43. The molecule has 0 bridgehead atoms. The van der Waals surface area contributed by atoms with E-state index in [0.717, 1.165) is 36.4 Å². The fraction of sp³-hybridized carbons (Fsp3) is 0.571. The van der Waals surface area contributed by atoms with Gasteiger partial charge in [-0.2, -0.15) is 5.26 Å². The highest BCUT2D eigenvalue weighted by Gasteiger charge is 2.56. The number of aryl methyl sites for hydroxylation is 1. The third-order valence-corrected chi connectivity index (χ3v) is 5.83. The van der Waals surface area contributed by atoms with Gasteiger partial charge in [0.15, 0.2) is 0 Å². The molecule has 0 radical (unpaired) electrons. The Morgan fingerprint density at radius 2 is 2.25 bits per heavy atom. The van der Waals surface area contributed by atoms with E-state index in [0.29, 0.717) is 4.99 Å². The van der Waals surface area contributed by atoms with Crippen molar-refractivity contribution in [3.63, 3.8) is 0 Å². The van der Waals surface area contributed by atoms with Crippen molar-refractivity contribution in [2.45, 2.75) is 38.5 Å². The summed E-state index contributed by atoms with van der Waals surface area (Å²) in [5, 5.41) is 15.0. The van der Waals surface area contributed by atoms with E-state index in [2.05, 4.69) is 16.4 Å². The fourth-order valence-corrected chi connectivity index (χ4v) is 5.02. The largest absolute Gasteiger partial charge is 0.319 e. The van der Waals surface area contributed by atoms with E-state index in [1.807, 2.05) is 12.3 Å². The summed E-state index contributed by atoms with van der Waals surface area (Å²) >= 11 is 6.76. The van der Waals surface area contributed by atoms with Gasteiger partial charge in [0.1, 0.15) is 10.9 Å². The highest BCUT2D eigenvalue weighted by atomic mass is 32.1. The number of carbonyl (C=O) groups excluding carboxylic acids is 1. The second-order valence-corrected chi connectivity index (χ2v) is 6.95. The van der Waals surface area contributed by atoms with E-state index in [1.54, 1.807) is 0 Å². The number of nitriles is 1. The summed E-state index contributed by atoms with van der Waals surface area (Å²) in [4.78, 5) is 17.4.